The van der Waals surface area contributed by atoms with Gasteiger partial charge in [0.15, 0.2) is 0 Å². The lowest BCUT2D eigenvalue weighted by atomic mass is 9.94. The van der Waals surface area contributed by atoms with Crippen molar-refractivity contribution in [1.29, 1.82) is 5.26 Å². The number of hydrogen-bond donors (Lipinski definition) is 0. The predicted molar refractivity (Wildman–Crippen MR) is 94.1 cm³/mol. The number of carbonyl (C=O) groups excluding carboxylic acids is 2. The minimum absolute atomic E-state index is 0.0168. The highest BCUT2D eigenvalue weighted by Gasteiger charge is 2.32. The Morgan fingerprint density at radius 1 is 1.12 bits per heavy atom. The van der Waals surface area contributed by atoms with Crippen molar-refractivity contribution in [1.82, 2.24) is 4.90 Å². The molecule has 0 saturated carbocycles. The molecule has 2 amide bonds. The number of rotatable bonds is 4. The van der Waals surface area contributed by atoms with Gasteiger partial charge in [-0.25, -0.2) is 0 Å². The van der Waals surface area contributed by atoms with Crippen molar-refractivity contribution in [3.8, 4) is 6.07 Å². The molecule has 0 aliphatic carbocycles. The van der Waals surface area contributed by atoms with E-state index in [2.05, 4.69) is 18.7 Å². The van der Waals surface area contributed by atoms with Gasteiger partial charge in [0, 0.05) is 31.4 Å². The van der Waals surface area contributed by atoms with Crippen LogP contribution in [0.2, 0.25) is 0 Å². The molecule has 5 heteroatoms. The van der Waals surface area contributed by atoms with Gasteiger partial charge in [-0.05, 0) is 50.1 Å². The molecule has 0 fully saturated rings. The van der Waals surface area contributed by atoms with E-state index in [1.807, 2.05) is 30.3 Å². The summed E-state index contributed by atoms with van der Waals surface area (Å²) in [5.41, 5.74) is 2.80. The van der Waals surface area contributed by atoms with E-state index in [-0.39, 0.29) is 11.5 Å². The van der Waals surface area contributed by atoms with E-state index >= 15 is 0 Å². The lowest BCUT2D eigenvalue weighted by Crippen LogP contribution is -2.39. The first-order chi connectivity index (χ1) is 11.4. The quantitative estimate of drug-likeness (QED) is 0.631. The average molecular weight is 323 g/mol. The predicted octanol–water partition coefficient (Wildman–Crippen LogP) is 2.75. The molecule has 24 heavy (non-hydrogen) atoms. The largest absolute Gasteiger partial charge is 0.372 e. The number of nitrogens with zero attached hydrogens (tertiary/aromatic N) is 3. The monoisotopic (exact) mass is 323 g/mol. The van der Waals surface area contributed by atoms with Gasteiger partial charge in [-0.15, -0.1) is 0 Å². The van der Waals surface area contributed by atoms with Crippen LogP contribution in [0.15, 0.2) is 41.0 Å². The third kappa shape index (κ3) is 3.09. The topological polar surface area (TPSA) is 64.4 Å². The van der Waals surface area contributed by atoms with Gasteiger partial charge in [0.05, 0.1) is 0 Å². The minimum atomic E-state index is -0.547. The molecule has 1 aliphatic rings. The van der Waals surface area contributed by atoms with E-state index in [0.29, 0.717) is 11.1 Å². The standard InChI is InChI=1S/C19H21N3O2/c1-5-22(6-2)15-9-7-14(8-10-15)11-16-13(3)17(12-20)19(24)21(4)18(16)23/h7-11H,5-6H2,1-4H3. The summed E-state index contributed by atoms with van der Waals surface area (Å²) in [5.74, 6) is -0.932. The smallest absolute Gasteiger partial charge is 0.271 e. The van der Waals surface area contributed by atoms with Crippen molar-refractivity contribution >= 4 is 23.6 Å². The van der Waals surface area contributed by atoms with Crippen LogP contribution in [0, 0.1) is 11.3 Å². The number of nitriles is 1. The van der Waals surface area contributed by atoms with Crippen molar-refractivity contribution < 1.29 is 9.59 Å². The maximum Gasteiger partial charge on any atom is 0.271 e. The first-order valence-electron chi connectivity index (χ1n) is 7.95. The van der Waals surface area contributed by atoms with Crippen LogP contribution in [-0.2, 0) is 9.59 Å². The van der Waals surface area contributed by atoms with Gasteiger partial charge < -0.3 is 4.90 Å². The summed E-state index contributed by atoms with van der Waals surface area (Å²) >= 11 is 0. The molecule has 124 valence electrons. The summed E-state index contributed by atoms with van der Waals surface area (Å²) in [4.78, 5) is 27.5. The van der Waals surface area contributed by atoms with Gasteiger partial charge in [-0.1, -0.05) is 12.1 Å². The highest BCUT2D eigenvalue weighted by atomic mass is 16.2. The van der Waals surface area contributed by atoms with Crippen LogP contribution in [0.4, 0.5) is 5.69 Å². The minimum Gasteiger partial charge on any atom is -0.372 e. The molecule has 1 heterocycles. The molecule has 0 spiro atoms. The Balaban J connectivity index is 2.43. The Kier molecular flexibility index (Phi) is 5.20. The SMILES string of the molecule is CCN(CC)c1ccc(C=C2C(=O)N(C)C(=O)C(C#N)=C2C)cc1. The maximum absolute atomic E-state index is 12.4. The number of hydrogen-bond acceptors (Lipinski definition) is 4. The molecule has 1 aromatic carbocycles. The fraction of sp³-hybridized carbons (Fsp3) is 0.316. The third-order valence-electron chi connectivity index (χ3n) is 4.28. The second kappa shape index (κ2) is 7.14. The molecular weight excluding hydrogens is 302 g/mol. The molecule has 0 bridgehead atoms. The molecule has 0 atom stereocenters. The zero-order valence-electron chi connectivity index (χ0n) is 14.5. The van der Waals surface area contributed by atoms with Crippen molar-refractivity contribution in [3.05, 3.63) is 46.5 Å². The zero-order chi connectivity index (χ0) is 17.9. The second-order valence-electron chi connectivity index (χ2n) is 5.60. The first kappa shape index (κ1) is 17.5. The van der Waals surface area contributed by atoms with Crippen molar-refractivity contribution in [2.24, 2.45) is 0 Å². The van der Waals surface area contributed by atoms with E-state index in [1.54, 1.807) is 13.0 Å². The maximum atomic E-state index is 12.4. The van der Waals surface area contributed by atoms with E-state index < -0.39 is 5.91 Å². The van der Waals surface area contributed by atoms with Crippen LogP contribution < -0.4 is 4.90 Å². The highest BCUT2D eigenvalue weighted by Crippen LogP contribution is 2.26. The number of anilines is 1. The Labute approximate surface area is 142 Å². The van der Waals surface area contributed by atoms with Crippen LogP contribution in [0.3, 0.4) is 0 Å². The summed E-state index contributed by atoms with van der Waals surface area (Å²) in [6.45, 7) is 7.69. The van der Waals surface area contributed by atoms with Gasteiger partial charge in [-0.2, -0.15) is 5.26 Å². The van der Waals surface area contributed by atoms with E-state index in [4.69, 9.17) is 0 Å². The summed E-state index contributed by atoms with van der Waals surface area (Å²) in [5, 5.41) is 9.17. The molecule has 0 N–H and O–H groups in total. The molecule has 1 aromatic rings. The Hall–Kier alpha value is -2.87. The second-order valence-corrected chi connectivity index (χ2v) is 5.60. The Morgan fingerprint density at radius 3 is 2.21 bits per heavy atom. The number of imide groups is 1. The summed E-state index contributed by atoms with van der Waals surface area (Å²) in [6.07, 6.45) is 1.73. The van der Waals surface area contributed by atoms with E-state index in [9.17, 15) is 14.9 Å². The van der Waals surface area contributed by atoms with Crippen molar-refractivity contribution in [2.45, 2.75) is 20.8 Å². The van der Waals surface area contributed by atoms with Gasteiger partial charge in [0.1, 0.15) is 11.6 Å². The fourth-order valence-electron chi connectivity index (χ4n) is 2.73. The summed E-state index contributed by atoms with van der Waals surface area (Å²) in [7, 11) is 1.39. The molecular formula is C19H21N3O2. The van der Waals surface area contributed by atoms with Gasteiger partial charge in [0.25, 0.3) is 11.8 Å². The molecule has 1 aliphatic heterocycles. The Morgan fingerprint density at radius 2 is 1.71 bits per heavy atom. The third-order valence-corrected chi connectivity index (χ3v) is 4.28. The van der Waals surface area contributed by atoms with E-state index in [1.165, 1.54) is 7.05 Å². The molecule has 2 rings (SSSR count). The summed E-state index contributed by atoms with van der Waals surface area (Å²) < 4.78 is 0. The van der Waals surface area contributed by atoms with Gasteiger partial charge in [-0.3, -0.25) is 14.5 Å². The lowest BCUT2D eigenvalue weighted by Gasteiger charge is -2.24. The number of benzene rings is 1. The average Bonchev–Trinajstić information content (AvgIpc) is 2.60. The molecule has 5 nitrogen and oxygen atoms in total. The van der Waals surface area contributed by atoms with Crippen LogP contribution in [0.1, 0.15) is 26.3 Å². The van der Waals surface area contributed by atoms with Crippen molar-refractivity contribution in [3.63, 3.8) is 0 Å². The van der Waals surface area contributed by atoms with E-state index in [0.717, 1.165) is 29.2 Å². The number of carbonyl (C=O) groups is 2. The molecule has 0 unspecified atom stereocenters. The van der Waals surface area contributed by atoms with Gasteiger partial charge in [0.2, 0.25) is 0 Å². The lowest BCUT2D eigenvalue weighted by molar-refractivity contribution is -0.138. The zero-order valence-corrected chi connectivity index (χ0v) is 14.5. The summed E-state index contributed by atoms with van der Waals surface area (Å²) in [6, 6.07) is 9.78. The van der Waals surface area contributed by atoms with Crippen LogP contribution in [0.5, 0.6) is 0 Å². The molecule has 0 saturated heterocycles. The van der Waals surface area contributed by atoms with Crippen LogP contribution in [0.25, 0.3) is 6.08 Å². The Bertz CT molecular complexity index is 763. The van der Waals surface area contributed by atoms with Crippen LogP contribution >= 0.6 is 0 Å². The normalized spacial score (nSPS) is 16.6. The first-order valence-corrected chi connectivity index (χ1v) is 7.95. The molecule has 0 aromatic heterocycles. The van der Waals surface area contributed by atoms with Gasteiger partial charge >= 0.3 is 0 Å². The number of likely N-dealkylation sites (N-methyl/N-ethyl adjacent to an activating group) is 1. The van der Waals surface area contributed by atoms with Crippen LogP contribution in [-0.4, -0.2) is 36.9 Å². The van der Waals surface area contributed by atoms with Crippen molar-refractivity contribution in [2.75, 3.05) is 25.0 Å². The molecule has 0 radical (unpaired) electrons. The number of amides is 2. The fourth-order valence-corrected chi connectivity index (χ4v) is 2.73. The highest BCUT2D eigenvalue weighted by molar-refractivity contribution is 6.19.